The van der Waals surface area contributed by atoms with Gasteiger partial charge in [-0.2, -0.15) is 0 Å². The number of carbonyl (C=O) groups excluding carboxylic acids is 1. The van der Waals surface area contributed by atoms with Gasteiger partial charge in [-0.25, -0.2) is 22.3 Å². The summed E-state index contributed by atoms with van der Waals surface area (Å²) in [5.74, 6) is -2.48. The normalized spacial score (nSPS) is 21.5. The van der Waals surface area contributed by atoms with E-state index in [0.717, 1.165) is 12.1 Å². The maximum atomic E-state index is 13.0. The van der Waals surface area contributed by atoms with Crippen molar-refractivity contribution in [3.8, 4) is 5.75 Å². The lowest BCUT2D eigenvalue weighted by molar-refractivity contribution is -0.132. The van der Waals surface area contributed by atoms with Crippen molar-refractivity contribution in [3.05, 3.63) is 29.8 Å². The minimum Gasteiger partial charge on any atom is -0.484 e. The number of sulfonamides is 1. The van der Waals surface area contributed by atoms with Crippen LogP contribution in [-0.2, 0) is 14.8 Å². The highest BCUT2D eigenvalue weighted by atomic mass is 32.2. The Morgan fingerprint density at radius 3 is 2.48 bits per heavy atom. The van der Waals surface area contributed by atoms with Gasteiger partial charge in [-0.1, -0.05) is 6.92 Å². The van der Waals surface area contributed by atoms with Crippen LogP contribution in [0, 0.1) is 23.5 Å². The molecule has 1 aliphatic rings. The lowest BCUT2D eigenvalue weighted by atomic mass is 10.0. The van der Waals surface area contributed by atoms with Gasteiger partial charge < -0.3 is 9.64 Å². The Labute approximate surface area is 133 Å². The van der Waals surface area contributed by atoms with Gasteiger partial charge in [0.05, 0.1) is 5.75 Å². The van der Waals surface area contributed by atoms with Crippen molar-refractivity contribution in [2.45, 2.75) is 6.92 Å². The predicted molar refractivity (Wildman–Crippen MR) is 79.1 cm³/mol. The lowest BCUT2D eigenvalue weighted by Gasteiger charge is -2.16. The first-order valence-corrected chi connectivity index (χ1v) is 8.73. The molecule has 2 rings (SSSR count). The molecule has 23 heavy (non-hydrogen) atoms. The molecule has 1 aliphatic heterocycles. The molecule has 0 unspecified atom stereocenters. The Morgan fingerprint density at radius 1 is 1.30 bits per heavy atom. The molecule has 1 aromatic carbocycles. The minimum absolute atomic E-state index is 0.0103. The molecular formula is C14H18F2N2O4S. The number of nitrogens with two attached hydrogens (primary N) is 1. The molecule has 2 atom stereocenters. The van der Waals surface area contributed by atoms with Crippen molar-refractivity contribution < 1.29 is 26.7 Å². The third kappa shape index (κ3) is 5.14. The Balaban J connectivity index is 1.91. The SMILES string of the molecule is C[C@@H]1CN(C(=O)COc2cc(F)cc(F)c2)C[C@H]1CS(N)(=O)=O. The van der Waals surface area contributed by atoms with E-state index >= 15 is 0 Å². The van der Waals surface area contributed by atoms with Gasteiger partial charge >= 0.3 is 0 Å². The predicted octanol–water partition coefficient (Wildman–Crippen LogP) is 0.727. The average molecular weight is 348 g/mol. The highest BCUT2D eigenvalue weighted by Gasteiger charge is 2.34. The number of ether oxygens (including phenoxy) is 1. The summed E-state index contributed by atoms with van der Waals surface area (Å²) in [6.45, 7) is 2.11. The molecule has 6 nitrogen and oxygen atoms in total. The molecule has 0 bridgehead atoms. The number of rotatable bonds is 5. The van der Waals surface area contributed by atoms with E-state index in [9.17, 15) is 22.0 Å². The number of benzene rings is 1. The number of likely N-dealkylation sites (tertiary alicyclic amines) is 1. The van der Waals surface area contributed by atoms with Gasteiger partial charge in [-0.15, -0.1) is 0 Å². The molecule has 0 spiro atoms. The molecule has 1 aromatic rings. The van der Waals surface area contributed by atoms with E-state index in [-0.39, 0.29) is 42.4 Å². The zero-order valence-corrected chi connectivity index (χ0v) is 13.4. The highest BCUT2D eigenvalue weighted by Crippen LogP contribution is 2.24. The van der Waals surface area contributed by atoms with E-state index in [4.69, 9.17) is 9.88 Å². The topological polar surface area (TPSA) is 89.7 Å². The molecular weight excluding hydrogens is 330 g/mol. The Hall–Kier alpha value is -1.74. The summed E-state index contributed by atoms with van der Waals surface area (Å²) in [5, 5.41) is 5.04. The number of nitrogens with zero attached hydrogens (tertiary/aromatic N) is 1. The monoisotopic (exact) mass is 348 g/mol. The second-order valence-electron chi connectivity index (χ2n) is 5.76. The van der Waals surface area contributed by atoms with Crippen molar-refractivity contribution in [1.29, 1.82) is 0 Å². The van der Waals surface area contributed by atoms with Gasteiger partial charge in [0.1, 0.15) is 17.4 Å². The summed E-state index contributed by atoms with van der Waals surface area (Å²) in [4.78, 5) is 13.5. The fraction of sp³-hybridized carbons (Fsp3) is 0.500. The zero-order valence-electron chi connectivity index (χ0n) is 12.5. The fourth-order valence-corrected chi connectivity index (χ4v) is 3.63. The molecule has 0 aromatic heterocycles. The second-order valence-corrected chi connectivity index (χ2v) is 7.42. The number of primary sulfonamides is 1. The van der Waals surface area contributed by atoms with E-state index in [2.05, 4.69) is 0 Å². The van der Waals surface area contributed by atoms with Gasteiger partial charge in [0.2, 0.25) is 10.0 Å². The van der Waals surface area contributed by atoms with Crippen LogP contribution in [0.15, 0.2) is 18.2 Å². The summed E-state index contributed by atoms with van der Waals surface area (Å²) >= 11 is 0. The van der Waals surface area contributed by atoms with Crippen LogP contribution in [0.3, 0.4) is 0 Å². The molecule has 1 heterocycles. The van der Waals surface area contributed by atoms with Gasteiger partial charge in [-0.05, 0) is 11.8 Å². The summed E-state index contributed by atoms with van der Waals surface area (Å²) in [5.41, 5.74) is 0. The van der Waals surface area contributed by atoms with Crippen LogP contribution in [-0.4, -0.2) is 44.7 Å². The molecule has 2 N–H and O–H groups in total. The van der Waals surface area contributed by atoms with Crippen LogP contribution in [0.4, 0.5) is 8.78 Å². The van der Waals surface area contributed by atoms with Crippen LogP contribution in [0.1, 0.15) is 6.92 Å². The maximum absolute atomic E-state index is 13.0. The van der Waals surface area contributed by atoms with E-state index in [1.807, 2.05) is 6.92 Å². The summed E-state index contributed by atoms with van der Waals surface area (Å²) < 4.78 is 53.5. The lowest BCUT2D eigenvalue weighted by Crippen LogP contribution is -2.34. The maximum Gasteiger partial charge on any atom is 0.260 e. The van der Waals surface area contributed by atoms with Crippen molar-refractivity contribution in [2.75, 3.05) is 25.4 Å². The van der Waals surface area contributed by atoms with Crippen molar-refractivity contribution in [2.24, 2.45) is 17.0 Å². The summed E-state index contributed by atoms with van der Waals surface area (Å²) in [6, 6.07) is 2.66. The van der Waals surface area contributed by atoms with Gasteiger partial charge in [-0.3, -0.25) is 4.79 Å². The smallest absolute Gasteiger partial charge is 0.260 e. The number of amides is 1. The van der Waals surface area contributed by atoms with Crippen LogP contribution >= 0.6 is 0 Å². The molecule has 0 radical (unpaired) electrons. The molecule has 1 fully saturated rings. The van der Waals surface area contributed by atoms with Crippen LogP contribution in [0.2, 0.25) is 0 Å². The van der Waals surface area contributed by atoms with Crippen molar-refractivity contribution in [3.63, 3.8) is 0 Å². The van der Waals surface area contributed by atoms with E-state index in [1.165, 1.54) is 4.90 Å². The van der Waals surface area contributed by atoms with Gasteiger partial charge in [0.25, 0.3) is 5.91 Å². The van der Waals surface area contributed by atoms with Crippen molar-refractivity contribution >= 4 is 15.9 Å². The van der Waals surface area contributed by atoms with E-state index in [1.54, 1.807) is 0 Å². The Bertz CT molecular complexity index is 676. The van der Waals surface area contributed by atoms with Crippen LogP contribution < -0.4 is 9.88 Å². The average Bonchev–Trinajstić information content (AvgIpc) is 2.74. The zero-order chi connectivity index (χ0) is 17.2. The molecule has 128 valence electrons. The van der Waals surface area contributed by atoms with E-state index < -0.39 is 21.7 Å². The molecule has 9 heteroatoms. The highest BCUT2D eigenvalue weighted by molar-refractivity contribution is 7.89. The Kier molecular flexibility index (Phi) is 5.20. The van der Waals surface area contributed by atoms with Gasteiger partial charge in [0.15, 0.2) is 6.61 Å². The summed E-state index contributed by atoms with van der Waals surface area (Å²) in [6.07, 6.45) is 0. The largest absolute Gasteiger partial charge is 0.484 e. The third-order valence-corrected chi connectivity index (χ3v) is 4.66. The van der Waals surface area contributed by atoms with Gasteiger partial charge in [0, 0.05) is 31.3 Å². The number of hydrogen-bond donors (Lipinski definition) is 1. The Morgan fingerprint density at radius 2 is 1.91 bits per heavy atom. The first-order chi connectivity index (χ1) is 10.6. The molecule has 1 amide bonds. The molecule has 0 saturated carbocycles. The number of halogens is 2. The third-order valence-electron chi connectivity index (χ3n) is 3.77. The first-order valence-electron chi connectivity index (χ1n) is 7.01. The quantitative estimate of drug-likeness (QED) is 0.849. The number of carbonyl (C=O) groups is 1. The molecule has 0 aliphatic carbocycles. The second kappa shape index (κ2) is 6.79. The van der Waals surface area contributed by atoms with Crippen molar-refractivity contribution in [1.82, 2.24) is 4.90 Å². The number of hydrogen-bond acceptors (Lipinski definition) is 4. The first kappa shape index (κ1) is 17.6. The molecule has 1 saturated heterocycles. The van der Waals surface area contributed by atoms with Crippen LogP contribution in [0.25, 0.3) is 0 Å². The standard InChI is InChI=1S/C14H18F2N2O4S/c1-9-5-18(6-10(9)8-23(17,20)21)14(19)7-22-13-3-11(15)2-12(16)4-13/h2-4,9-10H,5-8H2,1H3,(H2,17,20,21)/t9-,10+/m1/s1. The summed E-state index contributed by atoms with van der Waals surface area (Å²) in [7, 11) is -3.61. The van der Waals surface area contributed by atoms with Crippen LogP contribution in [0.5, 0.6) is 5.75 Å². The fourth-order valence-electron chi connectivity index (χ4n) is 2.60. The van der Waals surface area contributed by atoms with E-state index in [0.29, 0.717) is 12.6 Å². The minimum atomic E-state index is -3.61.